The van der Waals surface area contributed by atoms with Crippen molar-refractivity contribution in [3.8, 4) is 5.69 Å². The third-order valence-electron chi connectivity index (χ3n) is 3.64. The first-order valence-corrected chi connectivity index (χ1v) is 10.6. The molecule has 0 bridgehead atoms. The number of aliphatic hydroxyl groups excluding tert-OH is 1. The number of rotatable bonds is 3. The number of aromatic nitrogens is 2. The Balaban J connectivity index is 0.00000120. The number of carbonyl (C=O) groups is 1. The Morgan fingerprint density at radius 2 is 1.76 bits per heavy atom. The van der Waals surface area contributed by atoms with Crippen LogP contribution in [0, 0.1) is 13.8 Å². The Labute approximate surface area is 179 Å². The second-order valence-electron chi connectivity index (χ2n) is 5.43. The van der Waals surface area contributed by atoms with Crippen molar-refractivity contribution in [1.82, 2.24) is 9.78 Å². The maximum absolute atomic E-state index is 11.7. The summed E-state index contributed by atoms with van der Waals surface area (Å²) in [4.78, 5) is 11.7. The van der Waals surface area contributed by atoms with Crippen LogP contribution in [0.5, 0.6) is 0 Å². The molecular formula is C23H33N3O2S. The summed E-state index contributed by atoms with van der Waals surface area (Å²) in [5.41, 5.74) is 4.65. The monoisotopic (exact) mass is 415 g/mol. The highest BCUT2D eigenvalue weighted by Gasteiger charge is 2.10. The van der Waals surface area contributed by atoms with Gasteiger partial charge in [0.05, 0.1) is 23.7 Å². The van der Waals surface area contributed by atoms with E-state index in [0.717, 1.165) is 40.1 Å². The van der Waals surface area contributed by atoms with Gasteiger partial charge in [0, 0.05) is 17.1 Å². The quantitative estimate of drug-likeness (QED) is 0.269. The van der Waals surface area contributed by atoms with Gasteiger partial charge in [-0.1, -0.05) is 39.8 Å². The number of hydrogen-bond acceptors (Lipinski definition) is 4. The van der Waals surface area contributed by atoms with Crippen molar-refractivity contribution < 1.29 is 9.90 Å². The minimum Gasteiger partial charge on any atom is -0.515 e. The van der Waals surface area contributed by atoms with E-state index in [1.54, 1.807) is 6.26 Å². The molecule has 0 unspecified atom stereocenters. The van der Waals surface area contributed by atoms with Crippen molar-refractivity contribution in [3.63, 3.8) is 0 Å². The topological polar surface area (TPSA) is 67.2 Å². The molecule has 0 radical (unpaired) electrons. The Kier molecular flexibility index (Phi) is 12.9. The molecule has 5 nitrogen and oxygen atoms in total. The zero-order valence-corrected chi connectivity index (χ0v) is 19.3. The highest BCUT2D eigenvalue weighted by Crippen LogP contribution is 2.26. The normalized spacial score (nSPS) is 9.52. The molecule has 2 aromatic carbocycles. The van der Waals surface area contributed by atoms with E-state index in [4.69, 9.17) is 5.11 Å². The van der Waals surface area contributed by atoms with Gasteiger partial charge in [0.2, 0.25) is 0 Å². The van der Waals surface area contributed by atoms with Gasteiger partial charge in [-0.3, -0.25) is 4.79 Å². The fourth-order valence-corrected chi connectivity index (χ4v) is 2.53. The lowest BCUT2D eigenvalue weighted by Gasteiger charge is -2.09. The molecule has 6 heteroatoms. The van der Waals surface area contributed by atoms with Crippen molar-refractivity contribution in [3.05, 3.63) is 66.1 Å². The van der Waals surface area contributed by atoms with E-state index >= 15 is 0 Å². The summed E-state index contributed by atoms with van der Waals surface area (Å²) in [6, 6.07) is 11.9. The summed E-state index contributed by atoms with van der Waals surface area (Å²) < 4.78 is 1.85. The molecule has 0 aliphatic carbocycles. The highest BCUT2D eigenvalue weighted by atomic mass is 32.1. The summed E-state index contributed by atoms with van der Waals surface area (Å²) >= 11 is 3.53. The average molecular weight is 416 g/mol. The standard InChI is InChI=1S/C18H17N3O2.2C2H6.CH4S/c1-12-4-3-5-15(8-12)21-17-10-16(20-18(23)6-7-22)13(2)9-14(17)11-19-21;3*1-2/h3-11,22H,1-2H3,(H,20,23);2*1-2H3;2H,1H3/b7-6+;;;. The van der Waals surface area contributed by atoms with Crippen LogP contribution in [-0.4, -0.2) is 27.0 Å². The molecule has 0 saturated carbocycles. The van der Waals surface area contributed by atoms with Crippen molar-refractivity contribution in [1.29, 1.82) is 0 Å². The van der Waals surface area contributed by atoms with Crippen LogP contribution in [0.3, 0.4) is 0 Å². The van der Waals surface area contributed by atoms with Gasteiger partial charge in [0.15, 0.2) is 0 Å². The molecule has 1 aromatic heterocycles. The molecule has 1 heterocycles. The third-order valence-corrected chi connectivity index (χ3v) is 3.64. The number of nitrogens with zero attached hydrogens (tertiary/aromatic N) is 2. The first kappa shape index (κ1) is 26.3. The second-order valence-corrected chi connectivity index (χ2v) is 5.43. The third kappa shape index (κ3) is 7.31. The van der Waals surface area contributed by atoms with Gasteiger partial charge in [-0.15, -0.1) is 0 Å². The highest BCUT2D eigenvalue weighted by molar-refractivity contribution is 7.79. The molecular weight excluding hydrogens is 382 g/mol. The average Bonchev–Trinajstić information content (AvgIpc) is 3.15. The van der Waals surface area contributed by atoms with E-state index in [0.29, 0.717) is 5.69 Å². The predicted octanol–water partition coefficient (Wildman–Crippen LogP) is 6.25. The van der Waals surface area contributed by atoms with Gasteiger partial charge in [-0.05, 0) is 55.5 Å². The van der Waals surface area contributed by atoms with Crippen molar-refractivity contribution >= 4 is 35.1 Å². The lowest BCUT2D eigenvalue weighted by atomic mass is 10.1. The van der Waals surface area contributed by atoms with E-state index in [1.165, 1.54) is 0 Å². The second kappa shape index (κ2) is 14.3. The van der Waals surface area contributed by atoms with E-state index in [-0.39, 0.29) is 5.91 Å². The number of fused-ring (bicyclic) bond motifs is 1. The number of aryl methyl sites for hydroxylation is 2. The Hall–Kier alpha value is -2.73. The van der Waals surface area contributed by atoms with Crippen LogP contribution in [0.1, 0.15) is 38.8 Å². The van der Waals surface area contributed by atoms with E-state index in [2.05, 4.69) is 29.1 Å². The molecule has 1 amide bonds. The summed E-state index contributed by atoms with van der Waals surface area (Å²) in [6.45, 7) is 12.0. The molecule has 0 aliphatic heterocycles. The van der Waals surface area contributed by atoms with Crippen LogP contribution in [0.25, 0.3) is 16.6 Å². The van der Waals surface area contributed by atoms with Crippen molar-refractivity contribution in [2.24, 2.45) is 0 Å². The van der Waals surface area contributed by atoms with Gasteiger partial charge >= 0.3 is 0 Å². The number of nitrogens with one attached hydrogen (secondary N) is 1. The van der Waals surface area contributed by atoms with E-state index in [1.807, 2.05) is 82.8 Å². The van der Waals surface area contributed by atoms with E-state index < -0.39 is 0 Å². The molecule has 0 aliphatic rings. The zero-order chi connectivity index (χ0) is 22.4. The number of thiol groups is 1. The number of amides is 1. The molecule has 29 heavy (non-hydrogen) atoms. The Bertz CT molecular complexity index is 918. The van der Waals surface area contributed by atoms with Crippen LogP contribution >= 0.6 is 12.6 Å². The van der Waals surface area contributed by atoms with Crippen LogP contribution in [-0.2, 0) is 4.79 Å². The largest absolute Gasteiger partial charge is 0.515 e. The van der Waals surface area contributed by atoms with Crippen LogP contribution in [0.2, 0.25) is 0 Å². The van der Waals surface area contributed by atoms with Gasteiger partial charge < -0.3 is 10.4 Å². The van der Waals surface area contributed by atoms with Crippen LogP contribution < -0.4 is 5.32 Å². The first-order valence-electron chi connectivity index (χ1n) is 9.70. The van der Waals surface area contributed by atoms with Gasteiger partial charge in [-0.25, -0.2) is 4.68 Å². The summed E-state index contributed by atoms with van der Waals surface area (Å²) in [5.74, 6) is -0.378. The van der Waals surface area contributed by atoms with Crippen LogP contribution in [0.4, 0.5) is 5.69 Å². The number of hydrogen-bond donors (Lipinski definition) is 3. The Morgan fingerprint density at radius 3 is 2.34 bits per heavy atom. The number of aliphatic hydroxyl groups is 1. The fourth-order valence-electron chi connectivity index (χ4n) is 2.53. The zero-order valence-electron chi connectivity index (χ0n) is 18.4. The molecule has 3 aromatic rings. The van der Waals surface area contributed by atoms with Crippen molar-refractivity contribution in [2.75, 3.05) is 11.6 Å². The molecule has 0 atom stereocenters. The lowest BCUT2D eigenvalue weighted by molar-refractivity contribution is -0.112. The molecule has 0 fully saturated rings. The lowest BCUT2D eigenvalue weighted by Crippen LogP contribution is -2.09. The number of carbonyl (C=O) groups excluding carboxylic acids is 1. The SMILES string of the molecule is CC.CC.CS.Cc1cccc(-n2ncc3cc(C)c(NC(=O)/C=C/O)cc32)c1. The maximum atomic E-state index is 11.7. The number of anilines is 1. The predicted molar refractivity (Wildman–Crippen MR) is 129 cm³/mol. The van der Waals surface area contributed by atoms with Crippen molar-refractivity contribution in [2.45, 2.75) is 41.5 Å². The first-order chi connectivity index (χ1) is 14.1. The molecule has 3 rings (SSSR count). The van der Waals surface area contributed by atoms with Gasteiger partial charge in [0.25, 0.3) is 5.91 Å². The van der Waals surface area contributed by atoms with Gasteiger partial charge in [-0.2, -0.15) is 17.7 Å². The Morgan fingerprint density at radius 1 is 1.10 bits per heavy atom. The molecule has 2 N–H and O–H groups in total. The summed E-state index contributed by atoms with van der Waals surface area (Å²) in [5, 5.41) is 16.9. The minimum absolute atomic E-state index is 0.378. The fraction of sp³-hybridized carbons (Fsp3) is 0.304. The van der Waals surface area contributed by atoms with Gasteiger partial charge in [0.1, 0.15) is 0 Å². The summed E-state index contributed by atoms with van der Waals surface area (Å²) in [7, 11) is 0. The van der Waals surface area contributed by atoms with E-state index in [9.17, 15) is 4.79 Å². The molecule has 0 spiro atoms. The maximum Gasteiger partial charge on any atom is 0.251 e. The van der Waals surface area contributed by atoms with Crippen LogP contribution in [0.15, 0.2) is 54.9 Å². The molecule has 0 saturated heterocycles. The number of benzene rings is 2. The minimum atomic E-state index is -0.378. The molecule has 158 valence electrons. The smallest absolute Gasteiger partial charge is 0.251 e. The summed E-state index contributed by atoms with van der Waals surface area (Å²) in [6.07, 6.45) is 5.30.